The first-order chi connectivity index (χ1) is 9.46. The molecule has 20 heavy (non-hydrogen) atoms. The summed E-state index contributed by atoms with van der Waals surface area (Å²) in [4.78, 5) is 0.234. The van der Waals surface area contributed by atoms with Gasteiger partial charge < -0.3 is 4.74 Å². The highest BCUT2D eigenvalue weighted by Crippen LogP contribution is 2.39. The third kappa shape index (κ3) is 2.49. The first-order valence-electron chi connectivity index (χ1n) is 6.98. The molecule has 1 nitrogen and oxygen atoms in total. The molecule has 0 aliphatic carbocycles. The second kappa shape index (κ2) is 4.92. The number of alkyl halides is 1. The summed E-state index contributed by atoms with van der Waals surface area (Å²) in [6, 6.07) is 15.0. The molecule has 2 aromatic carbocycles. The number of hydrogen-bond donors (Lipinski definition) is 0. The zero-order chi connectivity index (χ0) is 14.3. The van der Waals surface area contributed by atoms with Crippen LogP contribution in [0, 0.1) is 6.92 Å². The highest BCUT2D eigenvalue weighted by atomic mass is 79.9. The fraction of sp³-hybridized carbons (Fsp3) is 0.333. The zero-order valence-corrected chi connectivity index (χ0v) is 13.7. The smallest absolute Gasteiger partial charge is 0.123 e. The molecule has 0 saturated carbocycles. The Morgan fingerprint density at radius 1 is 1.15 bits per heavy atom. The average molecular weight is 331 g/mol. The minimum absolute atomic E-state index is 0.0779. The Morgan fingerprint density at radius 3 is 2.65 bits per heavy atom. The second-order valence-corrected chi connectivity index (χ2v) is 7.04. The van der Waals surface area contributed by atoms with Crippen LogP contribution in [0.25, 0.3) is 0 Å². The number of rotatable bonds is 2. The first kappa shape index (κ1) is 13.7. The van der Waals surface area contributed by atoms with Crippen LogP contribution in [0.3, 0.4) is 0 Å². The summed E-state index contributed by atoms with van der Waals surface area (Å²) >= 11 is 3.84. The molecule has 0 fully saturated rings. The lowest BCUT2D eigenvalue weighted by Gasteiger charge is -2.16. The molecule has 0 amide bonds. The largest absolute Gasteiger partial charge is 0.487 e. The van der Waals surface area contributed by atoms with E-state index in [4.69, 9.17) is 4.74 Å². The third-order valence-electron chi connectivity index (χ3n) is 3.84. The molecule has 1 aliphatic heterocycles. The van der Waals surface area contributed by atoms with E-state index in [1.54, 1.807) is 0 Å². The van der Waals surface area contributed by atoms with E-state index >= 15 is 0 Å². The van der Waals surface area contributed by atoms with Gasteiger partial charge in [0.1, 0.15) is 11.4 Å². The van der Waals surface area contributed by atoms with E-state index in [9.17, 15) is 0 Å². The van der Waals surface area contributed by atoms with Crippen molar-refractivity contribution in [1.82, 2.24) is 0 Å². The second-order valence-electron chi connectivity index (χ2n) is 6.12. The van der Waals surface area contributed by atoms with Crippen LogP contribution in [-0.2, 0) is 6.42 Å². The Morgan fingerprint density at radius 2 is 1.90 bits per heavy atom. The topological polar surface area (TPSA) is 9.23 Å². The minimum atomic E-state index is -0.0779. The molecule has 0 spiro atoms. The van der Waals surface area contributed by atoms with Crippen LogP contribution in [0.4, 0.5) is 0 Å². The Balaban J connectivity index is 1.95. The molecule has 0 radical (unpaired) electrons. The monoisotopic (exact) mass is 330 g/mol. The van der Waals surface area contributed by atoms with Crippen LogP contribution >= 0.6 is 15.9 Å². The fourth-order valence-electron chi connectivity index (χ4n) is 2.84. The van der Waals surface area contributed by atoms with Gasteiger partial charge in [-0.25, -0.2) is 0 Å². The summed E-state index contributed by atoms with van der Waals surface area (Å²) < 4.78 is 5.94. The molecule has 0 N–H and O–H groups in total. The van der Waals surface area contributed by atoms with Crippen LogP contribution in [0.5, 0.6) is 5.75 Å². The highest BCUT2D eigenvalue weighted by molar-refractivity contribution is 9.09. The molecule has 1 unspecified atom stereocenters. The number of ether oxygens (including phenoxy) is 1. The van der Waals surface area contributed by atoms with E-state index in [1.807, 2.05) is 0 Å². The molecular weight excluding hydrogens is 312 g/mol. The van der Waals surface area contributed by atoms with Gasteiger partial charge in [0.2, 0.25) is 0 Å². The number of hydrogen-bond acceptors (Lipinski definition) is 1. The molecule has 0 saturated heterocycles. The van der Waals surface area contributed by atoms with E-state index < -0.39 is 0 Å². The summed E-state index contributed by atoms with van der Waals surface area (Å²) in [7, 11) is 0. The third-order valence-corrected chi connectivity index (χ3v) is 4.86. The quantitative estimate of drug-likeness (QED) is 0.688. The van der Waals surface area contributed by atoms with Gasteiger partial charge in [-0.15, -0.1) is 0 Å². The van der Waals surface area contributed by atoms with Gasteiger partial charge in [0.05, 0.1) is 4.83 Å². The molecule has 2 heteroatoms. The number of halogens is 1. The maximum Gasteiger partial charge on any atom is 0.123 e. The lowest BCUT2D eigenvalue weighted by atomic mass is 9.96. The van der Waals surface area contributed by atoms with E-state index in [0.717, 1.165) is 12.2 Å². The normalized spacial score (nSPS) is 17.4. The van der Waals surface area contributed by atoms with Crippen molar-refractivity contribution in [3.8, 4) is 5.75 Å². The lowest BCUT2D eigenvalue weighted by Crippen LogP contribution is -2.24. The molecule has 3 rings (SSSR count). The predicted molar refractivity (Wildman–Crippen MR) is 86.8 cm³/mol. The average Bonchev–Trinajstić information content (AvgIpc) is 2.71. The summed E-state index contributed by atoms with van der Waals surface area (Å²) in [5, 5.41) is 0. The van der Waals surface area contributed by atoms with Crippen molar-refractivity contribution >= 4 is 15.9 Å². The number of fused-ring (bicyclic) bond motifs is 1. The van der Waals surface area contributed by atoms with Crippen molar-refractivity contribution in [1.29, 1.82) is 0 Å². The molecular formula is C18H19BrO. The van der Waals surface area contributed by atoms with Crippen LogP contribution in [-0.4, -0.2) is 5.60 Å². The van der Waals surface area contributed by atoms with Gasteiger partial charge in [-0.3, -0.25) is 0 Å². The van der Waals surface area contributed by atoms with Crippen molar-refractivity contribution in [2.45, 2.75) is 37.6 Å². The van der Waals surface area contributed by atoms with Gasteiger partial charge in [-0.1, -0.05) is 52.3 Å². The Hall–Kier alpha value is -1.28. The van der Waals surface area contributed by atoms with Crippen LogP contribution in [0.15, 0.2) is 42.5 Å². The van der Waals surface area contributed by atoms with E-state index in [0.29, 0.717) is 0 Å². The molecule has 104 valence electrons. The minimum Gasteiger partial charge on any atom is -0.487 e. The van der Waals surface area contributed by atoms with Gasteiger partial charge >= 0.3 is 0 Å². The maximum absolute atomic E-state index is 5.94. The van der Waals surface area contributed by atoms with Crippen LogP contribution in [0.1, 0.15) is 40.9 Å². The van der Waals surface area contributed by atoms with Crippen molar-refractivity contribution in [3.63, 3.8) is 0 Å². The molecule has 1 atom stereocenters. The molecule has 0 aromatic heterocycles. The van der Waals surface area contributed by atoms with E-state index in [-0.39, 0.29) is 10.4 Å². The zero-order valence-electron chi connectivity index (χ0n) is 12.1. The van der Waals surface area contributed by atoms with Crippen molar-refractivity contribution in [2.75, 3.05) is 0 Å². The van der Waals surface area contributed by atoms with Crippen LogP contribution < -0.4 is 4.74 Å². The highest BCUT2D eigenvalue weighted by Gasteiger charge is 2.30. The SMILES string of the molecule is Cc1ccccc1C(Br)c1ccc2c(c1)CC(C)(C)O2. The maximum atomic E-state index is 5.94. The molecule has 1 aliphatic rings. The van der Waals surface area contributed by atoms with Gasteiger partial charge in [0, 0.05) is 6.42 Å². The Kier molecular flexibility index (Phi) is 3.37. The van der Waals surface area contributed by atoms with Crippen molar-refractivity contribution in [3.05, 3.63) is 64.7 Å². The summed E-state index contributed by atoms with van der Waals surface area (Å²) in [6.07, 6.45) is 0.976. The van der Waals surface area contributed by atoms with Gasteiger partial charge in [-0.2, -0.15) is 0 Å². The first-order valence-corrected chi connectivity index (χ1v) is 7.89. The standard InChI is InChI=1S/C18H19BrO/c1-12-6-4-5-7-15(12)17(19)13-8-9-16-14(10-13)11-18(2,3)20-16/h4-10,17H,11H2,1-3H3. The van der Waals surface area contributed by atoms with Crippen molar-refractivity contribution < 1.29 is 4.74 Å². The molecule has 0 bridgehead atoms. The van der Waals surface area contributed by atoms with Gasteiger partial charge in [0.15, 0.2) is 0 Å². The van der Waals surface area contributed by atoms with Crippen molar-refractivity contribution in [2.24, 2.45) is 0 Å². The van der Waals surface area contributed by atoms with E-state index in [1.165, 1.54) is 22.3 Å². The Bertz CT molecular complexity index is 646. The number of benzene rings is 2. The van der Waals surface area contributed by atoms with Gasteiger partial charge in [-0.05, 0) is 49.1 Å². The van der Waals surface area contributed by atoms with Crippen LogP contribution in [0.2, 0.25) is 0 Å². The summed E-state index contributed by atoms with van der Waals surface area (Å²) in [5.74, 6) is 1.03. The summed E-state index contributed by atoms with van der Waals surface area (Å²) in [6.45, 7) is 6.43. The molecule has 1 heterocycles. The molecule has 2 aromatic rings. The predicted octanol–water partition coefficient (Wildman–Crippen LogP) is 5.19. The number of aryl methyl sites for hydroxylation is 1. The van der Waals surface area contributed by atoms with Gasteiger partial charge in [0.25, 0.3) is 0 Å². The van der Waals surface area contributed by atoms with E-state index in [2.05, 4.69) is 79.2 Å². The summed E-state index contributed by atoms with van der Waals surface area (Å²) in [5.41, 5.74) is 5.16. The lowest BCUT2D eigenvalue weighted by molar-refractivity contribution is 0.138. The fourth-order valence-corrected chi connectivity index (χ4v) is 3.64. The Labute approximate surface area is 129 Å².